The van der Waals surface area contributed by atoms with Crippen LogP contribution >= 0.6 is 15.9 Å². The summed E-state index contributed by atoms with van der Waals surface area (Å²) in [5.41, 5.74) is 2.76. The van der Waals surface area contributed by atoms with Crippen LogP contribution in [0.3, 0.4) is 0 Å². The number of anilines is 1. The van der Waals surface area contributed by atoms with Gasteiger partial charge < -0.3 is 5.32 Å². The van der Waals surface area contributed by atoms with Gasteiger partial charge in [0.2, 0.25) is 0 Å². The number of nitro benzene ring substituents is 1. The van der Waals surface area contributed by atoms with Crippen molar-refractivity contribution in [3.8, 4) is 0 Å². The minimum absolute atomic E-state index is 0.161. The number of rotatable bonds is 4. The van der Waals surface area contributed by atoms with E-state index in [2.05, 4.69) is 21.2 Å². The van der Waals surface area contributed by atoms with E-state index in [0.29, 0.717) is 12.1 Å². The highest BCUT2D eigenvalue weighted by atomic mass is 79.9. The zero-order valence-corrected chi connectivity index (χ0v) is 12.0. The second-order valence-electron chi connectivity index (χ2n) is 4.18. The van der Waals surface area contributed by atoms with Crippen molar-refractivity contribution in [2.45, 2.75) is 13.5 Å². The average Bonchev–Trinajstić information content (AvgIpc) is 2.37. The zero-order valence-electron chi connectivity index (χ0n) is 10.4. The summed E-state index contributed by atoms with van der Waals surface area (Å²) < 4.78 is 0.994. The molecule has 98 valence electrons. The largest absolute Gasteiger partial charge is 0.381 e. The summed E-state index contributed by atoms with van der Waals surface area (Å²) in [6.07, 6.45) is 0. The smallest absolute Gasteiger partial charge is 0.272 e. The molecule has 2 aromatic carbocycles. The highest BCUT2D eigenvalue weighted by Crippen LogP contribution is 2.22. The van der Waals surface area contributed by atoms with Crippen molar-refractivity contribution >= 4 is 27.3 Å². The molecule has 4 nitrogen and oxygen atoms in total. The molecule has 0 atom stereocenters. The fourth-order valence-electron chi connectivity index (χ4n) is 1.85. The second-order valence-corrected chi connectivity index (χ2v) is 5.10. The van der Waals surface area contributed by atoms with Gasteiger partial charge in [-0.1, -0.05) is 34.1 Å². The molecule has 0 aliphatic carbocycles. The number of benzene rings is 2. The number of hydrogen-bond acceptors (Lipinski definition) is 3. The predicted molar refractivity (Wildman–Crippen MR) is 79.3 cm³/mol. The molecule has 0 aliphatic rings. The van der Waals surface area contributed by atoms with E-state index in [4.69, 9.17) is 0 Å². The molecule has 0 saturated heterocycles. The molecule has 0 amide bonds. The molecule has 0 aliphatic heterocycles. The molecule has 0 unspecified atom stereocenters. The normalized spacial score (nSPS) is 10.2. The lowest BCUT2D eigenvalue weighted by molar-refractivity contribution is -0.385. The predicted octanol–water partition coefficient (Wildman–Crippen LogP) is 4.28. The van der Waals surface area contributed by atoms with Crippen LogP contribution in [-0.2, 0) is 6.54 Å². The SMILES string of the molecule is Cc1c(CNc2cccc(Br)c2)cccc1[N+](=O)[O-]. The first-order valence-corrected chi connectivity index (χ1v) is 6.59. The standard InChI is InChI=1S/C14H13BrN2O2/c1-10-11(4-2-7-14(10)17(18)19)9-16-13-6-3-5-12(15)8-13/h2-8,16H,9H2,1H3. The summed E-state index contributed by atoms with van der Waals surface area (Å²) in [6.45, 7) is 2.33. The van der Waals surface area contributed by atoms with E-state index in [-0.39, 0.29) is 10.6 Å². The van der Waals surface area contributed by atoms with Crippen LogP contribution in [0.15, 0.2) is 46.9 Å². The topological polar surface area (TPSA) is 55.2 Å². The van der Waals surface area contributed by atoms with Gasteiger partial charge >= 0.3 is 0 Å². The molecule has 1 N–H and O–H groups in total. The lowest BCUT2D eigenvalue weighted by atomic mass is 10.1. The van der Waals surface area contributed by atoms with Gasteiger partial charge in [-0.15, -0.1) is 0 Å². The van der Waals surface area contributed by atoms with Crippen molar-refractivity contribution in [3.05, 3.63) is 68.2 Å². The molecule has 0 radical (unpaired) electrons. The number of nitrogens with zero attached hydrogens (tertiary/aromatic N) is 1. The summed E-state index contributed by atoms with van der Waals surface area (Å²) in [5, 5.41) is 14.1. The van der Waals surface area contributed by atoms with E-state index in [1.54, 1.807) is 13.0 Å². The first-order valence-electron chi connectivity index (χ1n) is 5.80. The van der Waals surface area contributed by atoms with Crippen molar-refractivity contribution in [1.29, 1.82) is 0 Å². The minimum Gasteiger partial charge on any atom is -0.381 e. The average molecular weight is 321 g/mol. The van der Waals surface area contributed by atoms with Crippen molar-refractivity contribution in [2.75, 3.05) is 5.32 Å². The van der Waals surface area contributed by atoms with Crippen LogP contribution in [0.4, 0.5) is 11.4 Å². The van der Waals surface area contributed by atoms with Gasteiger partial charge in [-0.05, 0) is 30.7 Å². The van der Waals surface area contributed by atoms with E-state index in [9.17, 15) is 10.1 Å². The maximum atomic E-state index is 10.9. The Bertz CT molecular complexity index is 614. The Hall–Kier alpha value is -1.88. The Labute approximate surface area is 119 Å². The van der Waals surface area contributed by atoms with Gasteiger partial charge in [-0.25, -0.2) is 0 Å². The number of halogens is 1. The highest BCUT2D eigenvalue weighted by Gasteiger charge is 2.12. The van der Waals surface area contributed by atoms with Crippen LogP contribution in [0, 0.1) is 17.0 Å². The fraction of sp³-hybridized carbons (Fsp3) is 0.143. The molecule has 0 saturated carbocycles. The molecule has 2 rings (SSSR count). The molecular formula is C14H13BrN2O2. The van der Waals surface area contributed by atoms with E-state index in [1.807, 2.05) is 30.3 Å². The van der Waals surface area contributed by atoms with Gasteiger partial charge in [0.25, 0.3) is 5.69 Å². The van der Waals surface area contributed by atoms with Gasteiger partial charge in [-0.2, -0.15) is 0 Å². The Morgan fingerprint density at radius 2 is 2.00 bits per heavy atom. The minimum atomic E-state index is -0.349. The number of hydrogen-bond donors (Lipinski definition) is 1. The van der Waals surface area contributed by atoms with Crippen molar-refractivity contribution in [3.63, 3.8) is 0 Å². The van der Waals surface area contributed by atoms with Crippen molar-refractivity contribution in [1.82, 2.24) is 0 Å². The van der Waals surface area contributed by atoms with Crippen LogP contribution in [0.2, 0.25) is 0 Å². The zero-order chi connectivity index (χ0) is 13.8. The van der Waals surface area contributed by atoms with E-state index in [0.717, 1.165) is 15.7 Å². The Balaban J connectivity index is 2.16. The van der Waals surface area contributed by atoms with Crippen LogP contribution in [0.5, 0.6) is 0 Å². The maximum Gasteiger partial charge on any atom is 0.272 e. The molecule has 0 fully saturated rings. The van der Waals surface area contributed by atoms with E-state index < -0.39 is 0 Å². The van der Waals surface area contributed by atoms with Gasteiger partial charge in [0.1, 0.15) is 0 Å². The molecular weight excluding hydrogens is 308 g/mol. The van der Waals surface area contributed by atoms with Crippen LogP contribution in [-0.4, -0.2) is 4.92 Å². The first kappa shape index (κ1) is 13.5. The summed E-state index contributed by atoms with van der Waals surface area (Å²) in [4.78, 5) is 10.5. The Morgan fingerprint density at radius 1 is 1.26 bits per heavy atom. The summed E-state index contributed by atoms with van der Waals surface area (Å²) in [5.74, 6) is 0. The van der Waals surface area contributed by atoms with Gasteiger partial charge in [0.15, 0.2) is 0 Å². The van der Waals surface area contributed by atoms with Gasteiger partial charge in [0, 0.05) is 28.3 Å². The third-order valence-corrected chi connectivity index (χ3v) is 3.41. The quantitative estimate of drug-likeness (QED) is 0.675. The van der Waals surface area contributed by atoms with E-state index >= 15 is 0 Å². The molecule has 2 aromatic rings. The summed E-state index contributed by atoms with van der Waals surface area (Å²) >= 11 is 3.40. The van der Waals surface area contributed by atoms with E-state index in [1.165, 1.54) is 6.07 Å². The summed E-state index contributed by atoms with van der Waals surface area (Å²) in [6, 6.07) is 12.9. The fourth-order valence-corrected chi connectivity index (χ4v) is 2.25. The van der Waals surface area contributed by atoms with Crippen LogP contribution < -0.4 is 5.32 Å². The molecule has 0 heterocycles. The molecule has 5 heteroatoms. The lowest BCUT2D eigenvalue weighted by Crippen LogP contribution is -2.03. The lowest BCUT2D eigenvalue weighted by Gasteiger charge is -2.09. The summed E-state index contributed by atoms with van der Waals surface area (Å²) in [7, 11) is 0. The molecule has 0 bridgehead atoms. The van der Waals surface area contributed by atoms with Crippen LogP contribution in [0.1, 0.15) is 11.1 Å². The van der Waals surface area contributed by atoms with Crippen LogP contribution in [0.25, 0.3) is 0 Å². The Morgan fingerprint density at radius 3 is 2.68 bits per heavy atom. The third-order valence-electron chi connectivity index (χ3n) is 2.92. The van der Waals surface area contributed by atoms with Gasteiger partial charge in [0.05, 0.1) is 4.92 Å². The van der Waals surface area contributed by atoms with Crippen molar-refractivity contribution < 1.29 is 4.92 Å². The van der Waals surface area contributed by atoms with Gasteiger partial charge in [-0.3, -0.25) is 10.1 Å². The highest BCUT2D eigenvalue weighted by molar-refractivity contribution is 9.10. The number of nitrogens with one attached hydrogen (secondary N) is 1. The molecule has 0 spiro atoms. The second kappa shape index (κ2) is 5.84. The monoisotopic (exact) mass is 320 g/mol. The Kier molecular flexibility index (Phi) is 4.16. The molecule has 19 heavy (non-hydrogen) atoms. The maximum absolute atomic E-state index is 10.9. The first-order chi connectivity index (χ1) is 9.08. The molecule has 0 aromatic heterocycles. The third kappa shape index (κ3) is 3.32. The van der Waals surface area contributed by atoms with Crippen molar-refractivity contribution in [2.24, 2.45) is 0 Å². The number of nitro groups is 1.